The Morgan fingerprint density at radius 3 is 2.82 bits per heavy atom. The van der Waals surface area contributed by atoms with Gasteiger partial charge in [-0.1, -0.05) is 12.1 Å². The quantitative estimate of drug-likeness (QED) is 0.856. The first-order valence-corrected chi connectivity index (χ1v) is 6.87. The fourth-order valence-electron chi connectivity index (χ4n) is 1.91. The minimum Gasteiger partial charge on any atom is -0.489 e. The second-order valence-electron chi connectivity index (χ2n) is 4.96. The lowest BCUT2D eigenvalue weighted by molar-refractivity contribution is 0.0931. The molecule has 0 bridgehead atoms. The summed E-state index contributed by atoms with van der Waals surface area (Å²) in [5.41, 5.74) is 7.04. The zero-order valence-corrected chi connectivity index (χ0v) is 13.5. The average molecular weight is 325 g/mol. The fraction of sp³-hybridized carbons (Fsp3) is 0.312. The first-order valence-electron chi connectivity index (χ1n) is 6.87. The molecule has 0 saturated heterocycles. The summed E-state index contributed by atoms with van der Waals surface area (Å²) in [7, 11) is 0. The molecule has 1 heterocycles. The molecule has 0 aliphatic rings. The van der Waals surface area contributed by atoms with Crippen LogP contribution in [0.4, 0.5) is 0 Å². The van der Waals surface area contributed by atoms with Crippen molar-refractivity contribution in [2.75, 3.05) is 6.54 Å². The van der Waals surface area contributed by atoms with E-state index in [0.717, 1.165) is 11.3 Å². The number of hydrogen-bond acceptors (Lipinski definition) is 4. The average Bonchev–Trinajstić information content (AvgIpc) is 2.94. The van der Waals surface area contributed by atoms with Gasteiger partial charge in [0.05, 0.1) is 18.7 Å². The fourth-order valence-corrected chi connectivity index (χ4v) is 1.91. The molecule has 6 heteroatoms. The van der Waals surface area contributed by atoms with Crippen molar-refractivity contribution >= 4 is 18.3 Å². The molecule has 0 aliphatic carbocycles. The van der Waals surface area contributed by atoms with Crippen molar-refractivity contribution in [1.29, 1.82) is 0 Å². The Hall–Kier alpha value is -1.98. The Bertz CT molecular complexity index is 613. The van der Waals surface area contributed by atoms with Crippen LogP contribution in [-0.2, 0) is 6.54 Å². The monoisotopic (exact) mass is 324 g/mol. The van der Waals surface area contributed by atoms with Crippen LogP contribution in [0.2, 0.25) is 0 Å². The van der Waals surface area contributed by atoms with Gasteiger partial charge in [0.1, 0.15) is 23.9 Å². The molecule has 0 radical (unpaired) electrons. The molecule has 3 N–H and O–H groups in total. The van der Waals surface area contributed by atoms with Crippen molar-refractivity contribution in [3.63, 3.8) is 0 Å². The number of nitrogens with two attached hydrogens (primary N) is 1. The number of carbonyl (C=O) groups excluding carboxylic acids is 1. The Morgan fingerprint density at radius 1 is 1.41 bits per heavy atom. The first kappa shape index (κ1) is 18.1. The van der Waals surface area contributed by atoms with E-state index in [1.54, 1.807) is 6.07 Å². The molecule has 22 heavy (non-hydrogen) atoms. The van der Waals surface area contributed by atoms with Gasteiger partial charge in [0.2, 0.25) is 0 Å². The zero-order chi connectivity index (χ0) is 15.2. The molecule has 1 atom stereocenters. The van der Waals surface area contributed by atoms with Gasteiger partial charge in [0.15, 0.2) is 0 Å². The van der Waals surface area contributed by atoms with Gasteiger partial charge in [0.25, 0.3) is 5.91 Å². The molecule has 1 aromatic carbocycles. The van der Waals surface area contributed by atoms with E-state index in [0.29, 0.717) is 17.9 Å². The number of nitrogens with one attached hydrogen (secondary N) is 1. The van der Waals surface area contributed by atoms with Crippen molar-refractivity contribution in [3.05, 3.63) is 53.5 Å². The SMILES string of the molecule is Cc1cccc(OC(C)CNC(=O)c2coc(CN)c2)c1.Cl. The Balaban J connectivity index is 0.00000242. The number of carbonyl (C=O) groups is 1. The summed E-state index contributed by atoms with van der Waals surface area (Å²) >= 11 is 0. The van der Waals surface area contributed by atoms with E-state index in [1.807, 2.05) is 38.1 Å². The maximum atomic E-state index is 11.9. The van der Waals surface area contributed by atoms with Gasteiger partial charge in [-0.25, -0.2) is 0 Å². The van der Waals surface area contributed by atoms with Crippen molar-refractivity contribution < 1.29 is 13.9 Å². The molecule has 2 aromatic rings. The molecule has 1 aromatic heterocycles. The molecule has 120 valence electrons. The van der Waals surface area contributed by atoms with Crippen LogP contribution in [0.5, 0.6) is 5.75 Å². The second kappa shape index (κ2) is 8.46. The van der Waals surface area contributed by atoms with Crippen molar-refractivity contribution in [3.8, 4) is 5.75 Å². The third-order valence-corrected chi connectivity index (χ3v) is 2.99. The first-order chi connectivity index (χ1) is 10.1. The van der Waals surface area contributed by atoms with Crippen LogP contribution < -0.4 is 15.8 Å². The smallest absolute Gasteiger partial charge is 0.254 e. The second-order valence-corrected chi connectivity index (χ2v) is 4.96. The van der Waals surface area contributed by atoms with Crippen molar-refractivity contribution in [2.24, 2.45) is 5.73 Å². The summed E-state index contributed by atoms with van der Waals surface area (Å²) in [5.74, 6) is 1.19. The lowest BCUT2D eigenvalue weighted by atomic mass is 10.2. The van der Waals surface area contributed by atoms with Crippen LogP contribution >= 0.6 is 12.4 Å². The van der Waals surface area contributed by atoms with Gasteiger partial charge >= 0.3 is 0 Å². The van der Waals surface area contributed by atoms with Crippen LogP contribution in [-0.4, -0.2) is 18.6 Å². The number of hydrogen-bond donors (Lipinski definition) is 2. The third-order valence-electron chi connectivity index (χ3n) is 2.99. The van der Waals surface area contributed by atoms with E-state index < -0.39 is 0 Å². The normalized spacial score (nSPS) is 11.4. The molecule has 5 nitrogen and oxygen atoms in total. The number of rotatable bonds is 6. The maximum Gasteiger partial charge on any atom is 0.254 e. The van der Waals surface area contributed by atoms with Gasteiger partial charge in [-0.05, 0) is 37.6 Å². The highest BCUT2D eigenvalue weighted by Gasteiger charge is 2.11. The van der Waals surface area contributed by atoms with Crippen LogP contribution in [0.15, 0.2) is 41.0 Å². The third kappa shape index (κ3) is 5.09. The van der Waals surface area contributed by atoms with Crippen molar-refractivity contribution in [2.45, 2.75) is 26.5 Å². The largest absolute Gasteiger partial charge is 0.489 e. The Morgan fingerprint density at radius 2 is 2.18 bits per heavy atom. The molecular weight excluding hydrogens is 304 g/mol. The Kier molecular flexibility index (Phi) is 6.95. The zero-order valence-electron chi connectivity index (χ0n) is 12.7. The lowest BCUT2D eigenvalue weighted by Gasteiger charge is -2.15. The van der Waals surface area contributed by atoms with Crippen LogP contribution in [0.3, 0.4) is 0 Å². The number of halogens is 1. The van der Waals surface area contributed by atoms with Crippen molar-refractivity contribution in [1.82, 2.24) is 5.32 Å². The highest BCUT2D eigenvalue weighted by molar-refractivity contribution is 5.93. The van der Waals surface area contributed by atoms with E-state index in [2.05, 4.69) is 5.32 Å². The highest BCUT2D eigenvalue weighted by Crippen LogP contribution is 2.14. The Labute approximate surface area is 136 Å². The molecule has 0 aliphatic heterocycles. The molecular formula is C16H21ClN2O3. The summed E-state index contributed by atoms with van der Waals surface area (Å²) in [4.78, 5) is 11.9. The van der Waals surface area contributed by atoms with Crippen LogP contribution in [0.25, 0.3) is 0 Å². The molecule has 1 unspecified atom stereocenters. The number of benzene rings is 1. The van der Waals surface area contributed by atoms with E-state index in [-0.39, 0.29) is 31.0 Å². The van der Waals surface area contributed by atoms with Gasteiger partial charge in [-0.3, -0.25) is 4.79 Å². The lowest BCUT2D eigenvalue weighted by Crippen LogP contribution is -2.33. The minimum atomic E-state index is -0.196. The number of amides is 1. The molecule has 1 amide bonds. The van der Waals surface area contributed by atoms with Crippen LogP contribution in [0.1, 0.15) is 28.6 Å². The standard InChI is InChI=1S/C16H20N2O3.ClH/c1-11-4-3-5-14(6-11)21-12(2)9-18-16(19)13-7-15(8-17)20-10-13;/h3-7,10,12H,8-9,17H2,1-2H3,(H,18,19);1H. The van der Waals surface area contributed by atoms with Gasteiger partial charge in [-0.2, -0.15) is 0 Å². The summed E-state index contributed by atoms with van der Waals surface area (Å²) in [6.45, 7) is 4.60. The molecule has 0 fully saturated rings. The van der Waals surface area contributed by atoms with Crippen LogP contribution in [0, 0.1) is 6.92 Å². The van der Waals surface area contributed by atoms with E-state index in [9.17, 15) is 4.79 Å². The summed E-state index contributed by atoms with van der Waals surface area (Å²) in [6.07, 6.45) is 1.28. The van der Waals surface area contributed by atoms with Gasteiger partial charge in [-0.15, -0.1) is 12.4 Å². The molecule has 2 rings (SSSR count). The summed E-state index contributed by atoms with van der Waals surface area (Å²) < 4.78 is 10.9. The number of aryl methyl sites for hydroxylation is 1. The predicted octanol–water partition coefficient (Wildman–Crippen LogP) is 2.67. The predicted molar refractivity (Wildman–Crippen MR) is 87.4 cm³/mol. The molecule has 0 spiro atoms. The van der Waals surface area contributed by atoms with Gasteiger partial charge < -0.3 is 20.2 Å². The number of furan rings is 1. The van der Waals surface area contributed by atoms with Gasteiger partial charge in [0, 0.05) is 0 Å². The summed E-state index contributed by atoms with van der Waals surface area (Å²) in [6, 6.07) is 9.45. The highest BCUT2D eigenvalue weighted by atomic mass is 35.5. The molecule has 0 saturated carbocycles. The van der Waals surface area contributed by atoms with E-state index >= 15 is 0 Å². The topological polar surface area (TPSA) is 77.5 Å². The number of ether oxygens (including phenoxy) is 1. The minimum absolute atomic E-state index is 0. The maximum absolute atomic E-state index is 11.9. The van der Waals surface area contributed by atoms with E-state index in [4.69, 9.17) is 14.9 Å². The van der Waals surface area contributed by atoms with E-state index in [1.165, 1.54) is 6.26 Å². The summed E-state index contributed by atoms with van der Waals surface area (Å²) in [5, 5.41) is 2.81.